The Morgan fingerprint density at radius 2 is 2.08 bits per heavy atom. The number of aliphatic hydroxyl groups excluding tert-OH is 1. The van der Waals surface area contributed by atoms with Crippen molar-refractivity contribution in [1.29, 1.82) is 0 Å². The fourth-order valence-corrected chi connectivity index (χ4v) is 2.47. The van der Waals surface area contributed by atoms with E-state index in [1.165, 1.54) is 36.7 Å². The van der Waals surface area contributed by atoms with Gasteiger partial charge in [-0.2, -0.15) is 4.98 Å². The molecule has 0 atom stereocenters. The molecule has 0 saturated heterocycles. The maximum atomic E-state index is 11.9. The fraction of sp³-hybridized carbons (Fsp3) is 0.579. The van der Waals surface area contributed by atoms with E-state index in [1.807, 2.05) is 0 Å². The number of unbranched alkanes of at least 4 members (excludes halogenated alkanes) is 6. The molecule has 6 nitrogen and oxygen atoms in total. The van der Waals surface area contributed by atoms with E-state index in [9.17, 15) is 4.79 Å². The van der Waals surface area contributed by atoms with E-state index in [0.717, 1.165) is 12.8 Å². The van der Waals surface area contributed by atoms with Crippen LogP contribution in [0.15, 0.2) is 21.5 Å². The molecule has 0 saturated carbocycles. The van der Waals surface area contributed by atoms with E-state index < -0.39 is 5.69 Å². The highest BCUT2D eigenvalue weighted by Gasteiger charge is 2.07. The van der Waals surface area contributed by atoms with Gasteiger partial charge in [-0.3, -0.25) is 4.57 Å². The minimum absolute atomic E-state index is 0.0482. The van der Waals surface area contributed by atoms with Crippen molar-refractivity contribution < 1.29 is 14.3 Å². The van der Waals surface area contributed by atoms with E-state index >= 15 is 0 Å². The Balaban J connectivity index is 1.90. The summed E-state index contributed by atoms with van der Waals surface area (Å²) in [5.74, 6) is 6.63. The van der Waals surface area contributed by atoms with Gasteiger partial charge in [-0.25, -0.2) is 4.79 Å². The van der Waals surface area contributed by atoms with Gasteiger partial charge in [0, 0.05) is 18.7 Å². The summed E-state index contributed by atoms with van der Waals surface area (Å²) in [6.45, 7) is 2.35. The number of hydrogen-bond acceptors (Lipinski definition) is 5. The van der Waals surface area contributed by atoms with Gasteiger partial charge in [-0.15, -0.1) is 0 Å². The second kappa shape index (κ2) is 10.7. The minimum Gasteiger partial charge on any atom is -0.429 e. The predicted molar refractivity (Wildman–Crippen MR) is 96.2 cm³/mol. The smallest absolute Gasteiger partial charge is 0.352 e. The molecule has 25 heavy (non-hydrogen) atoms. The Morgan fingerprint density at radius 1 is 1.28 bits per heavy atom. The minimum atomic E-state index is -0.452. The van der Waals surface area contributed by atoms with Crippen molar-refractivity contribution >= 4 is 11.1 Å². The van der Waals surface area contributed by atoms with Gasteiger partial charge in [-0.05, 0) is 12.3 Å². The summed E-state index contributed by atoms with van der Waals surface area (Å²) in [5.41, 5.74) is -0.168. The Morgan fingerprint density at radius 3 is 2.88 bits per heavy atom. The van der Waals surface area contributed by atoms with Gasteiger partial charge in [0.1, 0.15) is 6.73 Å². The largest absolute Gasteiger partial charge is 0.429 e. The van der Waals surface area contributed by atoms with Crippen LogP contribution in [0.4, 0.5) is 0 Å². The van der Waals surface area contributed by atoms with Crippen LogP contribution in [0.1, 0.15) is 57.6 Å². The van der Waals surface area contributed by atoms with Crippen molar-refractivity contribution in [1.82, 2.24) is 9.55 Å². The SMILES string of the molecule is CCCCCCCCC#Cc1cc2cn(COCCO)c(=O)nc2o1. The third-order valence-electron chi connectivity index (χ3n) is 3.81. The van der Waals surface area contributed by atoms with Gasteiger partial charge in [0.2, 0.25) is 5.71 Å². The van der Waals surface area contributed by atoms with Crippen LogP contribution in [0.25, 0.3) is 11.1 Å². The third-order valence-corrected chi connectivity index (χ3v) is 3.81. The highest BCUT2D eigenvalue weighted by atomic mass is 16.5. The summed E-state index contributed by atoms with van der Waals surface area (Å²) < 4.78 is 12.0. The topological polar surface area (TPSA) is 77.5 Å². The van der Waals surface area contributed by atoms with Crippen molar-refractivity contribution in [2.24, 2.45) is 0 Å². The summed E-state index contributed by atoms with van der Waals surface area (Å²) >= 11 is 0. The van der Waals surface area contributed by atoms with Crippen molar-refractivity contribution in [3.05, 3.63) is 28.5 Å². The lowest BCUT2D eigenvalue weighted by atomic mass is 10.1. The van der Waals surface area contributed by atoms with E-state index in [0.29, 0.717) is 11.1 Å². The molecule has 0 aliphatic carbocycles. The third kappa shape index (κ3) is 6.37. The van der Waals surface area contributed by atoms with Crippen molar-refractivity contribution in [3.63, 3.8) is 0 Å². The van der Waals surface area contributed by atoms with Crippen LogP contribution in [-0.4, -0.2) is 27.9 Å². The standard InChI is InChI=1S/C19H26N2O4/c1-2-3-4-5-6-7-8-9-10-17-13-16-14-21(15-24-12-11-22)19(23)20-18(16)25-17/h13-14,22H,2-8,11-12,15H2,1H3. The maximum Gasteiger partial charge on any atom is 0.352 e. The summed E-state index contributed by atoms with van der Waals surface area (Å²) in [5, 5.41) is 9.41. The molecule has 0 amide bonds. The van der Waals surface area contributed by atoms with Crippen molar-refractivity contribution in [2.75, 3.05) is 13.2 Å². The van der Waals surface area contributed by atoms with Gasteiger partial charge in [0.15, 0.2) is 5.76 Å². The van der Waals surface area contributed by atoms with E-state index in [1.54, 1.807) is 12.3 Å². The second-order valence-corrected chi connectivity index (χ2v) is 5.94. The molecule has 2 aromatic heterocycles. The summed E-state index contributed by atoms with van der Waals surface area (Å²) in [4.78, 5) is 15.7. The molecule has 2 rings (SSSR count). The molecule has 136 valence electrons. The van der Waals surface area contributed by atoms with Gasteiger partial charge in [0.25, 0.3) is 0 Å². The monoisotopic (exact) mass is 346 g/mol. The molecule has 0 unspecified atom stereocenters. The number of fused-ring (bicyclic) bond motifs is 1. The molecule has 2 heterocycles. The van der Waals surface area contributed by atoms with E-state index in [2.05, 4.69) is 23.7 Å². The maximum absolute atomic E-state index is 11.9. The molecule has 0 aliphatic heterocycles. The first-order valence-corrected chi connectivity index (χ1v) is 8.93. The van der Waals surface area contributed by atoms with Crippen molar-refractivity contribution in [2.45, 2.75) is 58.6 Å². The summed E-state index contributed by atoms with van der Waals surface area (Å²) in [6.07, 6.45) is 9.94. The lowest BCUT2D eigenvalue weighted by Gasteiger charge is -2.04. The first-order chi connectivity index (χ1) is 12.2. The Kier molecular flexibility index (Phi) is 8.23. The zero-order valence-corrected chi connectivity index (χ0v) is 14.8. The average molecular weight is 346 g/mol. The van der Waals surface area contributed by atoms with E-state index in [4.69, 9.17) is 14.3 Å². The van der Waals surface area contributed by atoms with Crippen LogP contribution in [0.3, 0.4) is 0 Å². The highest BCUT2D eigenvalue weighted by Crippen LogP contribution is 2.15. The van der Waals surface area contributed by atoms with Gasteiger partial charge in [-0.1, -0.05) is 44.9 Å². The van der Waals surface area contributed by atoms with Crippen LogP contribution in [0.2, 0.25) is 0 Å². The molecule has 0 radical (unpaired) electrons. The highest BCUT2D eigenvalue weighted by molar-refractivity contribution is 5.73. The Bertz CT molecular complexity index is 767. The molecular weight excluding hydrogens is 320 g/mol. The van der Waals surface area contributed by atoms with Crippen molar-refractivity contribution in [3.8, 4) is 11.8 Å². The van der Waals surface area contributed by atoms with Gasteiger partial charge >= 0.3 is 5.69 Å². The molecule has 1 N–H and O–H groups in total. The fourth-order valence-electron chi connectivity index (χ4n) is 2.47. The molecular formula is C19H26N2O4. The van der Waals surface area contributed by atoms with E-state index in [-0.39, 0.29) is 25.7 Å². The molecule has 0 fully saturated rings. The predicted octanol–water partition coefficient (Wildman–Crippen LogP) is 3.06. The van der Waals surface area contributed by atoms with Gasteiger partial charge < -0.3 is 14.3 Å². The number of hydrogen-bond donors (Lipinski definition) is 1. The zero-order valence-electron chi connectivity index (χ0n) is 14.8. The first-order valence-electron chi connectivity index (χ1n) is 8.93. The number of ether oxygens (including phenoxy) is 1. The molecule has 0 spiro atoms. The molecule has 0 aromatic carbocycles. The summed E-state index contributed by atoms with van der Waals surface area (Å²) in [6, 6.07) is 1.78. The van der Waals surface area contributed by atoms with Crippen LogP contribution >= 0.6 is 0 Å². The average Bonchev–Trinajstić information content (AvgIpc) is 2.99. The second-order valence-electron chi connectivity index (χ2n) is 5.94. The molecule has 0 bridgehead atoms. The quantitative estimate of drug-likeness (QED) is 0.528. The summed E-state index contributed by atoms with van der Waals surface area (Å²) in [7, 11) is 0. The Hall–Kier alpha value is -2.10. The number of rotatable bonds is 10. The zero-order chi connectivity index (χ0) is 17.9. The molecule has 0 aliphatic rings. The van der Waals surface area contributed by atoms with Crippen LogP contribution in [-0.2, 0) is 11.5 Å². The lowest BCUT2D eigenvalue weighted by Crippen LogP contribution is -2.23. The number of aromatic nitrogens is 2. The number of aliphatic hydroxyl groups is 1. The van der Waals surface area contributed by atoms with Crippen LogP contribution in [0, 0.1) is 11.8 Å². The molecule has 6 heteroatoms. The Labute approximate surface area is 147 Å². The first kappa shape index (κ1) is 19.2. The molecule has 2 aromatic rings. The van der Waals surface area contributed by atoms with Gasteiger partial charge in [0.05, 0.1) is 18.6 Å². The van der Waals surface area contributed by atoms with Crippen LogP contribution in [0.5, 0.6) is 0 Å². The number of furan rings is 1. The normalized spacial score (nSPS) is 10.8. The number of nitrogens with zero attached hydrogens (tertiary/aromatic N) is 2. The lowest BCUT2D eigenvalue weighted by molar-refractivity contribution is 0.0460. The van der Waals surface area contributed by atoms with Crippen LogP contribution < -0.4 is 5.69 Å².